The Balaban J connectivity index is 1.53. The smallest absolute Gasteiger partial charge is 0.270 e. The third kappa shape index (κ3) is 6.28. The van der Waals surface area contributed by atoms with Gasteiger partial charge in [0.1, 0.15) is 17.6 Å². The molecule has 2 N–H and O–H groups in total. The van der Waals surface area contributed by atoms with Crippen molar-refractivity contribution in [3.63, 3.8) is 0 Å². The molecule has 11 heteroatoms. The predicted molar refractivity (Wildman–Crippen MR) is 133 cm³/mol. The van der Waals surface area contributed by atoms with Gasteiger partial charge in [0.2, 0.25) is 17.4 Å². The zero-order valence-electron chi connectivity index (χ0n) is 20.8. The molecule has 4 rings (SSSR count). The van der Waals surface area contributed by atoms with Gasteiger partial charge in [-0.25, -0.2) is 13.8 Å². The second-order valence-electron chi connectivity index (χ2n) is 9.31. The van der Waals surface area contributed by atoms with Gasteiger partial charge in [0.25, 0.3) is 5.91 Å². The first-order valence-corrected chi connectivity index (χ1v) is 12.3. The van der Waals surface area contributed by atoms with Crippen molar-refractivity contribution in [3.8, 4) is 0 Å². The van der Waals surface area contributed by atoms with E-state index in [2.05, 4.69) is 20.7 Å². The summed E-state index contributed by atoms with van der Waals surface area (Å²) in [5.74, 6) is -3.98. The maximum Gasteiger partial charge on any atom is 0.270 e. The Kier molecular flexibility index (Phi) is 7.80. The number of carbonyl (C=O) groups is 2. The molecule has 3 heterocycles. The number of hydrogen-bond acceptors (Lipinski definition) is 5. The topological polar surface area (TPSA) is 111 Å². The normalized spacial score (nSPS) is 16.2. The summed E-state index contributed by atoms with van der Waals surface area (Å²) in [6, 6.07) is 8.99. The van der Waals surface area contributed by atoms with Crippen molar-refractivity contribution < 1.29 is 18.4 Å². The lowest BCUT2D eigenvalue weighted by atomic mass is 9.81. The zero-order valence-corrected chi connectivity index (χ0v) is 20.8. The van der Waals surface area contributed by atoms with Gasteiger partial charge in [-0.3, -0.25) is 19.1 Å². The fourth-order valence-electron chi connectivity index (χ4n) is 4.64. The van der Waals surface area contributed by atoms with Gasteiger partial charge in [-0.15, -0.1) is 0 Å². The van der Waals surface area contributed by atoms with Gasteiger partial charge in [-0.1, -0.05) is 6.07 Å². The Hall–Kier alpha value is -3.89. The Morgan fingerprint density at radius 1 is 1.16 bits per heavy atom. The van der Waals surface area contributed by atoms with Crippen molar-refractivity contribution in [2.24, 2.45) is 13.0 Å². The molecule has 3 aromatic rings. The summed E-state index contributed by atoms with van der Waals surface area (Å²) in [4.78, 5) is 42.5. The highest BCUT2D eigenvalue weighted by Gasteiger charge is 2.40. The number of aromatic nitrogens is 4. The zero-order chi connectivity index (χ0) is 26.6. The first-order valence-electron chi connectivity index (χ1n) is 12.3. The van der Waals surface area contributed by atoms with E-state index in [9.17, 15) is 23.2 Å². The number of amides is 2. The van der Waals surface area contributed by atoms with Crippen LogP contribution >= 0.6 is 0 Å². The second-order valence-corrected chi connectivity index (χ2v) is 9.31. The summed E-state index contributed by atoms with van der Waals surface area (Å²) in [5, 5.41) is 9.59. The van der Waals surface area contributed by atoms with E-state index in [0.717, 1.165) is 11.3 Å². The van der Waals surface area contributed by atoms with Gasteiger partial charge in [-0.2, -0.15) is 5.10 Å². The van der Waals surface area contributed by atoms with Gasteiger partial charge in [-0.05, 0) is 55.5 Å². The van der Waals surface area contributed by atoms with Crippen LogP contribution in [0.15, 0.2) is 53.6 Å². The lowest BCUT2D eigenvalue weighted by Gasteiger charge is -2.33. The van der Waals surface area contributed by atoms with Gasteiger partial charge < -0.3 is 15.2 Å². The summed E-state index contributed by atoms with van der Waals surface area (Å²) in [6.07, 6.45) is 3.01. The first kappa shape index (κ1) is 26.2. The number of rotatable bonds is 8. The Bertz CT molecular complexity index is 1330. The molecule has 0 aromatic carbocycles. The average Bonchev–Trinajstić information content (AvgIpc) is 3.35. The molecule has 2 amide bonds. The van der Waals surface area contributed by atoms with Gasteiger partial charge in [0.05, 0.1) is 0 Å². The van der Waals surface area contributed by atoms with E-state index in [1.54, 1.807) is 42.1 Å². The molecule has 3 aromatic heterocycles. The first-order chi connectivity index (χ1) is 17.7. The van der Waals surface area contributed by atoms with Crippen LogP contribution in [0.1, 0.15) is 54.4 Å². The number of nitrogens with one attached hydrogen (secondary N) is 2. The lowest BCUT2D eigenvalue weighted by molar-refractivity contribution is -0.121. The van der Waals surface area contributed by atoms with Crippen LogP contribution in [0, 0.1) is 5.92 Å². The molecule has 1 aliphatic carbocycles. The van der Waals surface area contributed by atoms with Crippen LogP contribution in [-0.4, -0.2) is 43.1 Å². The number of carbonyl (C=O) groups excluding carboxylic acids is 2. The Morgan fingerprint density at radius 2 is 1.92 bits per heavy atom. The molecule has 0 bridgehead atoms. The summed E-state index contributed by atoms with van der Waals surface area (Å²) in [7, 11) is 1.69. The standard InChI is InChI=1S/C26H30F2N6O3/c1-3-34-20(10-14-30-34)24(36)32-23(18-7-11-26(27,28)12-8-18)25(37)31-21-16-17(9-13-29-21)15-19-5-4-6-22(35)33(19)2/h4-6,9-10,13-14,16,18,23H,3,7-8,11-12,15H2,1-2H3,(H,32,36)(H,29,31,37). The van der Waals surface area contributed by atoms with E-state index >= 15 is 0 Å². The molecule has 1 saturated carbocycles. The fourth-order valence-corrected chi connectivity index (χ4v) is 4.64. The second kappa shape index (κ2) is 11.0. The summed E-state index contributed by atoms with van der Waals surface area (Å²) in [5.41, 5.74) is 1.77. The molecule has 0 saturated heterocycles. The molecule has 196 valence electrons. The number of anilines is 1. The van der Waals surface area contributed by atoms with Gasteiger partial charge in [0.15, 0.2) is 0 Å². The maximum absolute atomic E-state index is 13.8. The molecule has 1 fully saturated rings. The monoisotopic (exact) mass is 512 g/mol. The number of hydrogen-bond donors (Lipinski definition) is 2. The minimum Gasteiger partial charge on any atom is -0.339 e. The quantitative estimate of drug-likeness (QED) is 0.482. The number of nitrogens with zero attached hydrogens (tertiary/aromatic N) is 4. The van der Waals surface area contributed by atoms with Gasteiger partial charge >= 0.3 is 0 Å². The van der Waals surface area contributed by atoms with Crippen LogP contribution in [0.5, 0.6) is 0 Å². The van der Waals surface area contributed by atoms with Gasteiger partial charge in [0, 0.05) is 57.0 Å². The third-order valence-electron chi connectivity index (χ3n) is 6.80. The van der Waals surface area contributed by atoms with E-state index in [-0.39, 0.29) is 42.8 Å². The van der Waals surface area contributed by atoms with E-state index in [4.69, 9.17) is 0 Å². The highest BCUT2D eigenvalue weighted by molar-refractivity contribution is 6.00. The number of halogens is 2. The number of pyridine rings is 2. The van der Waals surface area contributed by atoms with E-state index in [1.807, 2.05) is 13.0 Å². The number of alkyl halides is 2. The summed E-state index contributed by atoms with van der Waals surface area (Å²) >= 11 is 0. The molecule has 1 aliphatic rings. The van der Waals surface area contributed by atoms with E-state index in [0.29, 0.717) is 13.0 Å². The van der Waals surface area contributed by atoms with E-state index < -0.39 is 29.7 Å². The Labute approximate surface area is 212 Å². The minimum absolute atomic E-state index is 0.105. The third-order valence-corrected chi connectivity index (χ3v) is 6.80. The van der Waals surface area contributed by atoms with Crippen LogP contribution in [0.2, 0.25) is 0 Å². The van der Waals surface area contributed by atoms with Crippen molar-refractivity contribution in [3.05, 3.63) is 76.1 Å². The summed E-state index contributed by atoms with van der Waals surface area (Å²) in [6.45, 7) is 2.30. The summed E-state index contributed by atoms with van der Waals surface area (Å²) < 4.78 is 30.7. The average molecular weight is 513 g/mol. The van der Waals surface area contributed by atoms with Crippen LogP contribution in [0.25, 0.3) is 0 Å². The molecule has 0 radical (unpaired) electrons. The molecule has 0 aliphatic heterocycles. The van der Waals surface area contributed by atoms with Crippen molar-refractivity contribution in [1.29, 1.82) is 0 Å². The molecule has 9 nitrogen and oxygen atoms in total. The van der Waals surface area contributed by atoms with Crippen molar-refractivity contribution in [2.75, 3.05) is 5.32 Å². The van der Waals surface area contributed by atoms with Crippen LogP contribution in [-0.2, 0) is 24.8 Å². The van der Waals surface area contributed by atoms with E-state index in [1.165, 1.54) is 16.9 Å². The molecule has 1 atom stereocenters. The SMILES string of the molecule is CCn1nccc1C(=O)NC(C(=O)Nc1cc(Cc2cccc(=O)n2C)ccn1)C1CCC(F)(F)CC1. The van der Waals surface area contributed by atoms with Crippen molar-refractivity contribution >= 4 is 17.6 Å². The molecule has 1 unspecified atom stereocenters. The van der Waals surface area contributed by atoms with Crippen LogP contribution in [0.4, 0.5) is 14.6 Å². The minimum atomic E-state index is -2.77. The molecular weight excluding hydrogens is 482 g/mol. The van der Waals surface area contributed by atoms with Crippen molar-refractivity contribution in [1.82, 2.24) is 24.6 Å². The molecule has 37 heavy (non-hydrogen) atoms. The predicted octanol–water partition coefficient (Wildman–Crippen LogP) is 3.15. The highest BCUT2D eigenvalue weighted by Crippen LogP contribution is 2.37. The molecular formula is C26H30F2N6O3. The highest BCUT2D eigenvalue weighted by atomic mass is 19.3. The van der Waals surface area contributed by atoms with Crippen LogP contribution in [0.3, 0.4) is 0 Å². The lowest BCUT2D eigenvalue weighted by Crippen LogP contribution is -2.50. The fraction of sp³-hybridized carbons (Fsp3) is 0.423. The van der Waals surface area contributed by atoms with Crippen molar-refractivity contribution in [2.45, 2.75) is 57.5 Å². The Morgan fingerprint density at radius 3 is 2.65 bits per heavy atom. The largest absolute Gasteiger partial charge is 0.339 e. The van der Waals surface area contributed by atoms with Crippen LogP contribution < -0.4 is 16.2 Å². The maximum atomic E-state index is 13.8. The number of aryl methyl sites for hydroxylation is 1. The molecule has 0 spiro atoms.